The molecule has 0 N–H and O–H groups in total. The number of carbonyl (C=O) groups is 1. The Morgan fingerprint density at radius 1 is 1.42 bits per heavy atom. The third-order valence-electron chi connectivity index (χ3n) is 1.43. The van der Waals surface area contributed by atoms with Crippen LogP contribution < -0.4 is 0 Å². The summed E-state index contributed by atoms with van der Waals surface area (Å²) < 4.78 is 5.45. The van der Waals surface area contributed by atoms with Crippen LogP contribution in [0.3, 0.4) is 0 Å². The van der Waals surface area contributed by atoms with Crippen LogP contribution >= 0.6 is 11.6 Å². The average molecular weight is 195 g/mol. The molecule has 0 unspecified atom stereocenters. The number of hydrogen-bond donors (Lipinski definition) is 0. The van der Waals surface area contributed by atoms with Gasteiger partial charge in [0.25, 0.3) is 0 Å². The Labute approximate surface area is 78.8 Å². The second-order valence-corrected chi connectivity index (χ2v) is 3.96. The van der Waals surface area contributed by atoms with Crippen molar-refractivity contribution >= 4 is 17.6 Å². The van der Waals surface area contributed by atoms with Gasteiger partial charge in [0.2, 0.25) is 0 Å². The molecule has 0 saturated carbocycles. The van der Waals surface area contributed by atoms with Crippen molar-refractivity contribution in [2.75, 3.05) is 33.8 Å². The Bertz CT molecular complexity index is 142. The first-order chi connectivity index (χ1) is 5.45. The lowest BCUT2D eigenvalue weighted by Crippen LogP contribution is -2.35. The van der Waals surface area contributed by atoms with E-state index in [0.29, 0.717) is 6.42 Å². The van der Waals surface area contributed by atoms with Gasteiger partial charge in [-0.25, -0.2) is 0 Å². The van der Waals surface area contributed by atoms with Gasteiger partial charge >= 0.3 is 5.97 Å². The highest BCUT2D eigenvalue weighted by atomic mass is 35.5. The molecule has 0 aromatic rings. The summed E-state index contributed by atoms with van der Waals surface area (Å²) in [5.41, 5.74) is 0. The predicted octanol–water partition coefficient (Wildman–Crippen LogP) is 1.21. The molecule has 0 bridgehead atoms. The van der Waals surface area contributed by atoms with Crippen LogP contribution in [-0.2, 0) is 9.53 Å². The van der Waals surface area contributed by atoms with Crippen molar-refractivity contribution in [3.63, 3.8) is 0 Å². The third-order valence-corrected chi connectivity index (χ3v) is 1.53. The minimum Gasteiger partial charge on any atom is -0.449 e. The molecule has 3 nitrogen and oxygen atoms in total. The van der Waals surface area contributed by atoms with Gasteiger partial charge in [0.15, 0.2) is 6.07 Å². The molecule has 0 atom stereocenters. The van der Waals surface area contributed by atoms with E-state index in [1.807, 2.05) is 0 Å². The molecule has 0 fully saturated rings. The maximum atomic E-state index is 10.8. The maximum absolute atomic E-state index is 10.8. The van der Waals surface area contributed by atoms with Gasteiger partial charge in [-0.2, -0.15) is 0 Å². The molecule has 72 valence electrons. The standard InChI is InChI=1S/C8H17ClNO2/c1-10(2,3)6-4-5-8(11)12-7-9/h4-7H2,1-3H3/q+1. The first-order valence-corrected chi connectivity index (χ1v) is 4.51. The summed E-state index contributed by atoms with van der Waals surface area (Å²) in [6.07, 6.45) is 1.31. The number of nitrogens with zero attached hydrogens (tertiary/aromatic N) is 1. The first kappa shape index (κ1) is 11.7. The van der Waals surface area contributed by atoms with Gasteiger partial charge in [-0.1, -0.05) is 11.6 Å². The van der Waals surface area contributed by atoms with Crippen LogP contribution in [0.4, 0.5) is 0 Å². The lowest BCUT2D eigenvalue weighted by Gasteiger charge is -2.23. The van der Waals surface area contributed by atoms with Crippen molar-refractivity contribution in [2.45, 2.75) is 12.8 Å². The molecule has 0 rings (SSSR count). The molecular formula is C8H17ClNO2+. The highest BCUT2D eigenvalue weighted by molar-refractivity contribution is 6.17. The van der Waals surface area contributed by atoms with Crippen LogP contribution in [0.15, 0.2) is 0 Å². The van der Waals surface area contributed by atoms with Crippen LogP contribution in [0.2, 0.25) is 0 Å². The van der Waals surface area contributed by atoms with E-state index in [4.69, 9.17) is 11.6 Å². The van der Waals surface area contributed by atoms with Gasteiger partial charge in [-0.3, -0.25) is 4.79 Å². The summed E-state index contributed by atoms with van der Waals surface area (Å²) in [6, 6.07) is -0.0385. The zero-order chi connectivity index (χ0) is 9.61. The average Bonchev–Trinajstić information content (AvgIpc) is 1.84. The fourth-order valence-corrected chi connectivity index (χ4v) is 0.952. The molecule has 0 heterocycles. The van der Waals surface area contributed by atoms with E-state index in [1.54, 1.807) is 0 Å². The van der Waals surface area contributed by atoms with Crippen molar-refractivity contribution in [2.24, 2.45) is 0 Å². The minimum atomic E-state index is -0.210. The third kappa shape index (κ3) is 7.82. The number of carbonyl (C=O) groups excluding carboxylic acids is 1. The SMILES string of the molecule is C[N+](C)(C)CCCC(=O)OCCl. The van der Waals surface area contributed by atoms with E-state index in [0.717, 1.165) is 17.4 Å². The summed E-state index contributed by atoms with van der Waals surface area (Å²) in [6.45, 7) is 0.970. The molecule has 0 aromatic carbocycles. The van der Waals surface area contributed by atoms with Gasteiger partial charge < -0.3 is 9.22 Å². The zero-order valence-electron chi connectivity index (χ0n) is 7.97. The van der Waals surface area contributed by atoms with Crippen LogP contribution in [0.25, 0.3) is 0 Å². The van der Waals surface area contributed by atoms with Gasteiger partial charge in [-0.15, -0.1) is 0 Å². The lowest BCUT2D eigenvalue weighted by molar-refractivity contribution is -0.870. The van der Waals surface area contributed by atoms with E-state index in [2.05, 4.69) is 25.9 Å². The largest absolute Gasteiger partial charge is 0.449 e. The molecule has 4 heteroatoms. The summed E-state index contributed by atoms with van der Waals surface area (Å²) >= 11 is 5.22. The number of hydrogen-bond acceptors (Lipinski definition) is 2. The van der Waals surface area contributed by atoms with Gasteiger partial charge in [0, 0.05) is 6.42 Å². The Balaban J connectivity index is 3.37. The Morgan fingerprint density at radius 3 is 2.42 bits per heavy atom. The zero-order valence-corrected chi connectivity index (χ0v) is 8.73. The number of ether oxygens (including phenoxy) is 1. The fourth-order valence-electron chi connectivity index (χ4n) is 0.831. The first-order valence-electron chi connectivity index (χ1n) is 3.98. The van der Waals surface area contributed by atoms with Crippen LogP contribution in [0.1, 0.15) is 12.8 Å². The van der Waals surface area contributed by atoms with E-state index in [-0.39, 0.29) is 12.0 Å². The number of rotatable bonds is 5. The quantitative estimate of drug-likeness (QED) is 0.374. The molecular weight excluding hydrogens is 178 g/mol. The van der Waals surface area contributed by atoms with Crippen molar-refractivity contribution < 1.29 is 14.0 Å². The molecule has 0 aromatic heterocycles. The monoisotopic (exact) mass is 194 g/mol. The van der Waals surface area contributed by atoms with E-state index in [9.17, 15) is 4.79 Å². The molecule has 0 radical (unpaired) electrons. The molecule has 0 aliphatic heterocycles. The number of quaternary nitrogens is 1. The Kier molecular flexibility index (Phi) is 5.25. The lowest BCUT2D eigenvalue weighted by atomic mass is 10.3. The number of halogens is 1. The van der Waals surface area contributed by atoms with Crippen molar-refractivity contribution in [1.29, 1.82) is 0 Å². The van der Waals surface area contributed by atoms with Crippen LogP contribution in [0.5, 0.6) is 0 Å². The van der Waals surface area contributed by atoms with Crippen molar-refractivity contribution in [3.05, 3.63) is 0 Å². The number of alkyl halides is 1. The summed E-state index contributed by atoms with van der Waals surface area (Å²) in [7, 11) is 6.27. The maximum Gasteiger partial charge on any atom is 0.307 e. The van der Waals surface area contributed by atoms with Crippen LogP contribution in [0, 0.1) is 0 Å². The Hall–Kier alpha value is -0.280. The second kappa shape index (κ2) is 5.38. The van der Waals surface area contributed by atoms with Crippen molar-refractivity contribution in [3.8, 4) is 0 Å². The molecule has 12 heavy (non-hydrogen) atoms. The summed E-state index contributed by atoms with van der Waals surface area (Å²) in [5.74, 6) is -0.210. The van der Waals surface area contributed by atoms with E-state index >= 15 is 0 Å². The highest BCUT2D eigenvalue weighted by Crippen LogP contribution is 1.99. The van der Waals surface area contributed by atoms with E-state index < -0.39 is 0 Å². The molecule has 0 amide bonds. The Morgan fingerprint density at radius 2 is 2.00 bits per heavy atom. The van der Waals surface area contributed by atoms with Crippen LogP contribution in [-0.4, -0.2) is 44.2 Å². The van der Waals surface area contributed by atoms with E-state index in [1.165, 1.54) is 0 Å². The predicted molar refractivity (Wildman–Crippen MR) is 48.9 cm³/mol. The fraction of sp³-hybridized carbons (Fsp3) is 0.875. The van der Waals surface area contributed by atoms with Crippen molar-refractivity contribution in [1.82, 2.24) is 0 Å². The summed E-state index contributed by atoms with van der Waals surface area (Å²) in [5, 5.41) is 0. The number of esters is 1. The smallest absolute Gasteiger partial charge is 0.307 e. The normalized spacial score (nSPS) is 11.3. The molecule has 0 saturated heterocycles. The topological polar surface area (TPSA) is 26.3 Å². The minimum absolute atomic E-state index is 0.0385. The second-order valence-electron chi connectivity index (χ2n) is 3.74. The molecule has 0 aliphatic rings. The van der Waals surface area contributed by atoms with Gasteiger partial charge in [-0.05, 0) is 0 Å². The molecule has 0 aliphatic carbocycles. The van der Waals surface area contributed by atoms with Gasteiger partial charge in [0.05, 0.1) is 34.1 Å². The summed E-state index contributed by atoms with van der Waals surface area (Å²) in [4.78, 5) is 10.8. The van der Waals surface area contributed by atoms with Gasteiger partial charge in [0.1, 0.15) is 0 Å². The molecule has 0 spiro atoms. The highest BCUT2D eigenvalue weighted by Gasteiger charge is 2.08.